The number of hydrogen-bond acceptors (Lipinski definition) is 5. The SMILES string of the molecule is CCOc1ccc(S(=O)(=O)N2CCC3(CC(=O)c4ccccc4O3)C2)cc1. The lowest BCUT2D eigenvalue weighted by Crippen LogP contribution is -2.45. The van der Waals surface area contributed by atoms with Gasteiger partial charge < -0.3 is 9.47 Å². The molecule has 1 fully saturated rings. The maximum atomic E-state index is 13.0. The molecule has 2 aromatic rings. The van der Waals surface area contributed by atoms with E-state index in [9.17, 15) is 13.2 Å². The largest absolute Gasteiger partial charge is 0.494 e. The Morgan fingerprint density at radius 3 is 2.63 bits per heavy atom. The van der Waals surface area contributed by atoms with Crippen LogP contribution < -0.4 is 9.47 Å². The summed E-state index contributed by atoms with van der Waals surface area (Å²) in [5.41, 5.74) is -0.222. The van der Waals surface area contributed by atoms with Crippen LogP contribution in [0.2, 0.25) is 0 Å². The number of rotatable bonds is 4. The molecule has 1 unspecified atom stereocenters. The second-order valence-electron chi connectivity index (χ2n) is 6.87. The van der Waals surface area contributed by atoms with Gasteiger partial charge in [0.05, 0.1) is 30.0 Å². The highest BCUT2D eigenvalue weighted by molar-refractivity contribution is 7.89. The van der Waals surface area contributed by atoms with Crippen molar-refractivity contribution in [1.29, 1.82) is 0 Å². The van der Waals surface area contributed by atoms with Gasteiger partial charge in [-0.15, -0.1) is 0 Å². The molecule has 0 aromatic heterocycles. The van der Waals surface area contributed by atoms with Crippen LogP contribution in [0.3, 0.4) is 0 Å². The summed E-state index contributed by atoms with van der Waals surface area (Å²) in [6.45, 7) is 2.89. The van der Waals surface area contributed by atoms with Gasteiger partial charge in [-0.3, -0.25) is 4.79 Å². The third kappa shape index (κ3) is 3.21. The third-order valence-electron chi connectivity index (χ3n) is 5.05. The highest BCUT2D eigenvalue weighted by Crippen LogP contribution is 2.40. The summed E-state index contributed by atoms with van der Waals surface area (Å²) in [7, 11) is -3.65. The van der Waals surface area contributed by atoms with Gasteiger partial charge in [0.15, 0.2) is 5.78 Å². The van der Waals surface area contributed by atoms with Crippen molar-refractivity contribution in [3.63, 3.8) is 0 Å². The van der Waals surface area contributed by atoms with E-state index >= 15 is 0 Å². The molecule has 27 heavy (non-hydrogen) atoms. The number of fused-ring (bicyclic) bond motifs is 1. The molecule has 7 heteroatoms. The minimum atomic E-state index is -3.65. The topological polar surface area (TPSA) is 72.9 Å². The first kappa shape index (κ1) is 18.0. The highest BCUT2D eigenvalue weighted by atomic mass is 32.2. The van der Waals surface area contributed by atoms with Crippen LogP contribution in [0.5, 0.6) is 11.5 Å². The summed E-state index contributed by atoms with van der Waals surface area (Å²) in [5, 5.41) is 0. The Kier molecular flexibility index (Phi) is 4.44. The van der Waals surface area contributed by atoms with Gasteiger partial charge in [-0.2, -0.15) is 4.31 Å². The Labute approximate surface area is 158 Å². The van der Waals surface area contributed by atoms with E-state index in [1.165, 1.54) is 4.31 Å². The number of sulfonamides is 1. The number of Topliss-reactive ketones (excluding diaryl/α,β-unsaturated/α-hetero) is 1. The Bertz CT molecular complexity index is 970. The maximum absolute atomic E-state index is 13.0. The molecule has 2 heterocycles. The van der Waals surface area contributed by atoms with E-state index < -0.39 is 15.6 Å². The summed E-state index contributed by atoms with van der Waals surface area (Å²) in [5.74, 6) is 1.17. The minimum absolute atomic E-state index is 0.00262. The van der Waals surface area contributed by atoms with Crippen molar-refractivity contribution < 1.29 is 22.7 Å². The fraction of sp³-hybridized carbons (Fsp3) is 0.350. The molecule has 142 valence electrons. The number of hydrogen-bond donors (Lipinski definition) is 0. The molecule has 2 aliphatic heterocycles. The van der Waals surface area contributed by atoms with Crippen LogP contribution in [-0.2, 0) is 10.0 Å². The van der Waals surface area contributed by atoms with Crippen molar-refractivity contribution in [3.8, 4) is 11.5 Å². The van der Waals surface area contributed by atoms with Crippen molar-refractivity contribution in [1.82, 2.24) is 4.31 Å². The summed E-state index contributed by atoms with van der Waals surface area (Å²) >= 11 is 0. The molecule has 4 rings (SSSR count). The monoisotopic (exact) mass is 387 g/mol. The number of carbonyl (C=O) groups excluding carboxylic acids is 1. The van der Waals surface area contributed by atoms with Gasteiger partial charge in [0.2, 0.25) is 10.0 Å². The van der Waals surface area contributed by atoms with E-state index in [1.54, 1.807) is 42.5 Å². The minimum Gasteiger partial charge on any atom is -0.494 e. The highest BCUT2D eigenvalue weighted by Gasteiger charge is 2.48. The van der Waals surface area contributed by atoms with Crippen LogP contribution in [0.1, 0.15) is 30.1 Å². The number of ether oxygens (including phenoxy) is 2. The van der Waals surface area contributed by atoms with Gasteiger partial charge in [-0.1, -0.05) is 12.1 Å². The van der Waals surface area contributed by atoms with E-state index in [2.05, 4.69) is 0 Å². The van der Waals surface area contributed by atoms with Gasteiger partial charge in [-0.25, -0.2) is 8.42 Å². The summed E-state index contributed by atoms with van der Waals surface area (Å²) in [6, 6.07) is 13.5. The van der Waals surface area contributed by atoms with Crippen molar-refractivity contribution in [2.45, 2.75) is 30.3 Å². The summed E-state index contributed by atoms with van der Waals surface area (Å²) in [6.07, 6.45) is 0.683. The summed E-state index contributed by atoms with van der Waals surface area (Å²) < 4.78 is 38.9. The fourth-order valence-electron chi connectivity index (χ4n) is 3.71. The normalized spacial score (nSPS) is 22.5. The lowest BCUT2D eigenvalue weighted by Gasteiger charge is -2.34. The standard InChI is InChI=1S/C20H21NO5S/c1-2-25-15-7-9-16(10-8-15)27(23,24)21-12-11-20(14-21)13-18(22)17-5-3-4-6-19(17)26-20/h3-10H,2,11-14H2,1H3. The number of para-hydroxylation sites is 1. The predicted octanol–water partition coefficient (Wildman–Crippen LogP) is 2.88. The quantitative estimate of drug-likeness (QED) is 0.807. The zero-order valence-electron chi connectivity index (χ0n) is 15.1. The van der Waals surface area contributed by atoms with E-state index in [0.29, 0.717) is 36.6 Å². The zero-order chi connectivity index (χ0) is 19.1. The first-order valence-corrected chi connectivity index (χ1v) is 10.4. The van der Waals surface area contributed by atoms with Crippen molar-refractivity contribution in [2.75, 3.05) is 19.7 Å². The Balaban J connectivity index is 1.56. The molecule has 1 atom stereocenters. The Morgan fingerprint density at radius 2 is 1.89 bits per heavy atom. The lowest BCUT2D eigenvalue weighted by atomic mass is 9.89. The molecule has 0 saturated carbocycles. The van der Waals surface area contributed by atoms with Crippen molar-refractivity contribution >= 4 is 15.8 Å². The Hall–Kier alpha value is -2.38. The van der Waals surface area contributed by atoms with E-state index in [4.69, 9.17) is 9.47 Å². The maximum Gasteiger partial charge on any atom is 0.243 e. The molecule has 0 bridgehead atoms. The zero-order valence-corrected chi connectivity index (χ0v) is 15.9. The van der Waals surface area contributed by atoms with E-state index in [0.717, 1.165) is 0 Å². The Morgan fingerprint density at radius 1 is 1.15 bits per heavy atom. The molecule has 2 aliphatic rings. The molecule has 0 N–H and O–H groups in total. The molecule has 6 nitrogen and oxygen atoms in total. The lowest BCUT2D eigenvalue weighted by molar-refractivity contribution is 0.0498. The number of benzene rings is 2. The average molecular weight is 387 g/mol. The van der Waals surface area contributed by atoms with Gasteiger partial charge in [0.1, 0.15) is 17.1 Å². The molecular formula is C20H21NO5S. The number of carbonyl (C=O) groups is 1. The third-order valence-corrected chi connectivity index (χ3v) is 6.91. The van der Waals surface area contributed by atoms with Crippen LogP contribution in [0, 0.1) is 0 Å². The second-order valence-corrected chi connectivity index (χ2v) is 8.81. The van der Waals surface area contributed by atoms with Crippen LogP contribution in [-0.4, -0.2) is 43.8 Å². The first-order chi connectivity index (χ1) is 12.9. The van der Waals surface area contributed by atoms with Crippen LogP contribution in [0.15, 0.2) is 53.4 Å². The smallest absolute Gasteiger partial charge is 0.243 e. The fourth-order valence-corrected chi connectivity index (χ4v) is 5.22. The molecule has 0 radical (unpaired) electrons. The van der Waals surface area contributed by atoms with Crippen LogP contribution in [0.25, 0.3) is 0 Å². The number of nitrogens with zero attached hydrogens (tertiary/aromatic N) is 1. The van der Waals surface area contributed by atoms with Gasteiger partial charge in [-0.05, 0) is 43.3 Å². The van der Waals surface area contributed by atoms with E-state index in [1.807, 2.05) is 13.0 Å². The van der Waals surface area contributed by atoms with Crippen LogP contribution in [0.4, 0.5) is 0 Å². The van der Waals surface area contributed by atoms with Gasteiger partial charge in [0.25, 0.3) is 0 Å². The van der Waals surface area contributed by atoms with Gasteiger partial charge >= 0.3 is 0 Å². The molecule has 0 aliphatic carbocycles. The number of ketones is 1. The van der Waals surface area contributed by atoms with E-state index in [-0.39, 0.29) is 23.6 Å². The molecule has 0 amide bonds. The average Bonchev–Trinajstić information content (AvgIpc) is 3.06. The molecular weight excluding hydrogens is 366 g/mol. The second kappa shape index (κ2) is 6.65. The van der Waals surface area contributed by atoms with Crippen molar-refractivity contribution in [3.05, 3.63) is 54.1 Å². The first-order valence-electron chi connectivity index (χ1n) is 8.98. The predicted molar refractivity (Wildman–Crippen MR) is 99.7 cm³/mol. The molecule has 1 spiro atoms. The van der Waals surface area contributed by atoms with Crippen molar-refractivity contribution in [2.24, 2.45) is 0 Å². The molecule has 1 saturated heterocycles. The van der Waals surface area contributed by atoms with Gasteiger partial charge in [0, 0.05) is 13.0 Å². The summed E-state index contributed by atoms with van der Waals surface area (Å²) in [4.78, 5) is 12.7. The van der Waals surface area contributed by atoms with Crippen LogP contribution >= 0.6 is 0 Å². The molecule has 2 aromatic carbocycles.